The lowest BCUT2D eigenvalue weighted by molar-refractivity contribution is 0.312. The van der Waals surface area contributed by atoms with Crippen LogP contribution in [-0.4, -0.2) is 16.0 Å². The van der Waals surface area contributed by atoms with Crippen LogP contribution in [0.1, 0.15) is 51.1 Å². The van der Waals surface area contributed by atoms with Crippen molar-refractivity contribution >= 4 is 11.8 Å². The van der Waals surface area contributed by atoms with Crippen molar-refractivity contribution in [2.45, 2.75) is 58.4 Å². The molecule has 0 aliphatic heterocycles. The Bertz CT molecular complexity index is 401. The molecule has 5 heteroatoms. The summed E-state index contributed by atoms with van der Waals surface area (Å²) in [5.74, 6) is 7.50. The molecule has 0 aromatic carbocycles. The topological polar surface area (TPSA) is 75.9 Å². The van der Waals surface area contributed by atoms with Crippen LogP contribution in [0.5, 0.6) is 0 Å². The number of hydrazine groups is 1. The van der Waals surface area contributed by atoms with E-state index in [0.717, 1.165) is 23.9 Å². The molecule has 0 radical (unpaired) electrons. The molecular formula is C14H25N5. The predicted octanol–water partition coefficient (Wildman–Crippen LogP) is 2.84. The summed E-state index contributed by atoms with van der Waals surface area (Å²) in [4.78, 5) is 8.59. The minimum Gasteiger partial charge on any atom is -0.367 e. The normalized spacial score (nSPS) is 18.1. The van der Waals surface area contributed by atoms with Gasteiger partial charge in [0, 0.05) is 17.8 Å². The molecule has 4 N–H and O–H groups in total. The van der Waals surface area contributed by atoms with E-state index in [-0.39, 0.29) is 0 Å². The van der Waals surface area contributed by atoms with Gasteiger partial charge in [0.25, 0.3) is 0 Å². The van der Waals surface area contributed by atoms with Crippen LogP contribution in [0.15, 0.2) is 6.07 Å². The zero-order chi connectivity index (χ0) is 13.7. The fraction of sp³-hybridized carbons (Fsp3) is 0.714. The van der Waals surface area contributed by atoms with Gasteiger partial charge in [0.05, 0.1) is 0 Å². The maximum Gasteiger partial charge on any atom is 0.239 e. The molecule has 0 saturated heterocycles. The first-order valence-corrected chi connectivity index (χ1v) is 7.31. The third-order valence-corrected chi connectivity index (χ3v) is 3.98. The lowest BCUT2D eigenvalue weighted by Crippen LogP contribution is -2.30. The van der Waals surface area contributed by atoms with Crippen LogP contribution in [-0.2, 0) is 0 Å². The van der Waals surface area contributed by atoms with Crippen molar-refractivity contribution in [3.8, 4) is 0 Å². The lowest BCUT2D eigenvalue weighted by Gasteiger charge is -2.30. The first kappa shape index (κ1) is 14.1. The van der Waals surface area contributed by atoms with Crippen molar-refractivity contribution < 1.29 is 0 Å². The number of nitrogens with one attached hydrogen (secondary N) is 2. The molecule has 0 amide bonds. The highest BCUT2D eigenvalue weighted by molar-refractivity contribution is 5.42. The number of aromatic nitrogens is 2. The van der Waals surface area contributed by atoms with Crippen LogP contribution in [0, 0.1) is 12.8 Å². The average Bonchev–Trinajstić information content (AvgIpc) is 2.45. The number of hydrogen-bond donors (Lipinski definition) is 3. The molecule has 1 atom stereocenters. The summed E-state index contributed by atoms with van der Waals surface area (Å²) >= 11 is 0. The molecule has 1 aliphatic carbocycles. The molecule has 0 spiro atoms. The Morgan fingerprint density at radius 3 is 2.68 bits per heavy atom. The van der Waals surface area contributed by atoms with E-state index >= 15 is 0 Å². The zero-order valence-electron chi connectivity index (χ0n) is 11.9. The van der Waals surface area contributed by atoms with Crippen LogP contribution >= 0.6 is 0 Å². The second kappa shape index (κ2) is 6.70. The molecule has 1 unspecified atom stereocenters. The van der Waals surface area contributed by atoms with Gasteiger partial charge in [-0.3, -0.25) is 5.43 Å². The number of nitrogens with zero attached hydrogens (tertiary/aromatic N) is 2. The third kappa shape index (κ3) is 3.80. The van der Waals surface area contributed by atoms with Gasteiger partial charge >= 0.3 is 0 Å². The molecule has 1 aliphatic rings. The first-order valence-electron chi connectivity index (χ1n) is 7.31. The van der Waals surface area contributed by atoms with Crippen LogP contribution < -0.4 is 16.6 Å². The van der Waals surface area contributed by atoms with Gasteiger partial charge in [-0.15, -0.1) is 0 Å². The van der Waals surface area contributed by atoms with Crippen LogP contribution in [0.25, 0.3) is 0 Å². The standard InChI is InChI=1S/C14H25N5/c1-3-12(11-7-5-4-6-8-11)17-13-9-10(2)16-14(18-13)19-15/h9,11-12H,3-8,15H2,1-2H3,(H2,16,17,18,19). The van der Waals surface area contributed by atoms with Gasteiger partial charge in [0.15, 0.2) is 0 Å². The maximum absolute atomic E-state index is 5.39. The minimum atomic E-state index is 0.473. The Balaban J connectivity index is 2.06. The smallest absolute Gasteiger partial charge is 0.239 e. The largest absolute Gasteiger partial charge is 0.367 e. The Hall–Kier alpha value is -1.36. The summed E-state index contributed by atoms with van der Waals surface area (Å²) in [7, 11) is 0. The van der Waals surface area contributed by atoms with E-state index in [1.54, 1.807) is 0 Å². The average molecular weight is 263 g/mol. The summed E-state index contributed by atoms with van der Waals surface area (Å²) in [6.45, 7) is 4.19. The molecule has 19 heavy (non-hydrogen) atoms. The van der Waals surface area contributed by atoms with Crippen LogP contribution in [0.4, 0.5) is 11.8 Å². The molecule has 106 valence electrons. The van der Waals surface area contributed by atoms with Crippen LogP contribution in [0.2, 0.25) is 0 Å². The van der Waals surface area contributed by atoms with Crippen LogP contribution in [0.3, 0.4) is 0 Å². The van der Waals surface area contributed by atoms with E-state index in [4.69, 9.17) is 5.84 Å². The molecule has 1 aromatic heterocycles. The summed E-state index contributed by atoms with van der Waals surface area (Å²) in [6, 6.07) is 2.48. The molecule has 1 saturated carbocycles. The van der Waals surface area contributed by atoms with E-state index in [1.807, 2.05) is 13.0 Å². The lowest BCUT2D eigenvalue weighted by atomic mass is 9.83. The predicted molar refractivity (Wildman–Crippen MR) is 78.9 cm³/mol. The Morgan fingerprint density at radius 1 is 1.32 bits per heavy atom. The van der Waals surface area contributed by atoms with Gasteiger partial charge in [0.2, 0.25) is 5.95 Å². The number of aryl methyl sites for hydroxylation is 1. The number of nitrogen functional groups attached to an aromatic ring is 1. The number of nitrogens with two attached hydrogens (primary N) is 1. The van der Waals surface area contributed by atoms with E-state index in [9.17, 15) is 0 Å². The van der Waals surface area contributed by atoms with Crippen molar-refractivity contribution in [2.75, 3.05) is 10.7 Å². The van der Waals surface area contributed by atoms with E-state index in [1.165, 1.54) is 32.1 Å². The zero-order valence-corrected chi connectivity index (χ0v) is 11.9. The van der Waals surface area contributed by atoms with Gasteiger partial charge in [-0.05, 0) is 32.1 Å². The third-order valence-electron chi connectivity index (χ3n) is 3.98. The second-order valence-electron chi connectivity index (χ2n) is 5.42. The summed E-state index contributed by atoms with van der Waals surface area (Å²) in [5.41, 5.74) is 3.44. The van der Waals surface area contributed by atoms with Gasteiger partial charge in [0.1, 0.15) is 5.82 Å². The quantitative estimate of drug-likeness (QED) is 0.562. The minimum absolute atomic E-state index is 0.473. The molecule has 2 rings (SSSR count). The molecular weight excluding hydrogens is 238 g/mol. The van der Waals surface area contributed by atoms with Gasteiger partial charge in [-0.2, -0.15) is 4.98 Å². The Kier molecular flexibility index (Phi) is 4.96. The van der Waals surface area contributed by atoms with E-state index in [2.05, 4.69) is 27.6 Å². The number of rotatable bonds is 5. The highest BCUT2D eigenvalue weighted by atomic mass is 15.3. The number of hydrogen-bond acceptors (Lipinski definition) is 5. The second-order valence-corrected chi connectivity index (χ2v) is 5.42. The van der Waals surface area contributed by atoms with E-state index < -0.39 is 0 Å². The van der Waals surface area contributed by atoms with Crippen molar-refractivity contribution in [2.24, 2.45) is 11.8 Å². The maximum atomic E-state index is 5.39. The molecule has 5 nitrogen and oxygen atoms in total. The van der Waals surface area contributed by atoms with Crippen molar-refractivity contribution in [3.63, 3.8) is 0 Å². The molecule has 1 fully saturated rings. The van der Waals surface area contributed by atoms with Gasteiger partial charge in [-0.1, -0.05) is 26.2 Å². The van der Waals surface area contributed by atoms with Gasteiger partial charge in [-0.25, -0.2) is 10.8 Å². The highest BCUT2D eigenvalue weighted by Crippen LogP contribution is 2.29. The summed E-state index contributed by atoms with van der Waals surface area (Å²) in [5, 5.41) is 3.57. The summed E-state index contributed by atoms with van der Waals surface area (Å²) < 4.78 is 0. The van der Waals surface area contributed by atoms with Crippen molar-refractivity contribution in [3.05, 3.63) is 11.8 Å². The van der Waals surface area contributed by atoms with Gasteiger partial charge < -0.3 is 5.32 Å². The first-order chi connectivity index (χ1) is 9.22. The fourth-order valence-corrected chi connectivity index (χ4v) is 2.99. The van der Waals surface area contributed by atoms with E-state index in [0.29, 0.717) is 12.0 Å². The Labute approximate surface area is 115 Å². The highest BCUT2D eigenvalue weighted by Gasteiger charge is 2.22. The fourth-order valence-electron chi connectivity index (χ4n) is 2.99. The number of anilines is 2. The van der Waals surface area contributed by atoms with Crippen molar-refractivity contribution in [1.82, 2.24) is 9.97 Å². The molecule has 1 aromatic rings. The monoisotopic (exact) mass is 263 g/mol. The van der Waals surface area contributed by atoms with Crippen molar-refractivity contribution in [1.29, 1.82) is 0 Å². The molecule has 1 heterocycles. The Morgan fingerprint density at radius 2 is 2.05 bits per heavy atom. The molecule has 0 bridgehead atoms. The summed E-state index contributed by atoms with van der Waals surface area (Å²) in [6.07, 6.45) is 7.90. The SMILES string of the molecule is CCC(Nc1cc(C)nc(NN)n1)C1CCCCC1.